The van der Waals surface area contributed by atoms with E-state index in [1.165, 1.54) is 0 Å². The van der Waals surface area contributed by atoms with Crippen molar-refractivity contribution in [2.75, 3.05) is 25.1 Å². The van der Waals surface area contributed by atoms with E-state index in [0.29, 0.717) is 5.92 Å². The van der Waals surface area contributed by atoms with Gasteiger partial charge in [0, 0.05) is 0 Å². The van der Waals surface area contributed by atoms with Gasteiger partial charge in [-0.15, -0.1) is 0 Å². The monoisotopic (exact) mass is 283 g/mol. The molecule has 1 aliphatic rings. The minimum atomic E-state index is 0.0522. The Hall–Kier alpha value is -0.901. The fraction of sp³-hybridized carbons (Fsp3) is 0.455. The maximum absolute atomic E-state index is 5.36. The summed E-state index contributed by atoms with van der Waals surface area (Å²) in [5.74, 6) is 0.639. The van der Waals surface area contributed by atoms with Crippen LogP contribution in [0.3, 0.4) is 0 Å². The van der Waals surface area contributed by atoms with Gasteiger partial charge in [0.25, 0.3) is 0 Å². The van der Waals surface area contributed by atoms with Gasteiger partial charge in [-0.2, -0.15) is 0 Å². The molecule has 0 aliphatic carbocycles. The number of aromatic nitrogens is 2. The molecule has 0 spiro atoms. The predicted octanol–water partition coefficient (Wildman–Crippen LogP) is 1.14. The van der Waals surface area contributed by atoms with Crippen molar-refractivity contribution >= 4 is 31.7 Å². The first-order valence-electron chi connectivity index (χ1n) is 5.46. The molecule has 1 fully saturated rings. The molecule has 84 valence electrons. The van der Waals surface area contributed by atoms with Crippen LogP contribution >= 0.6 is 0 Å². The predicted molar refractivity (Wildman–Crippen MR) is 63.9 cm³/mol. The van der Waals surface area contributed by atoms with Crippen molar-refractivity contribution < 1.29 is 4.74 Å². The van der Waals surface area contributed by atoms with Crippen LogP contribution in [0.15, 0.2) is 18.2 Å². The van der Waals surface area contributed by atoms with Crippen LogP contribution in [-0.4, -0.2) is 42.7 Å². The van der Waals surface area contributed by atoms with Crippen molar-refractivity contribution in [1.29, 1.82) is 0 Å². The van der Waals surface area contributed by atoms with Crippen LogP contribution in [-0.2, 0) is 4.74 Å². The second-order valence-electron chi connectivity index (χ2n) is 4.05. The zero-order valence-electron chi connectivity index (χ0n) is 8.85. The van der Waals surface area contributed by atoms with Crippen LogP contribution in [0.4, 0.5) is 5.69 Å². The first kappa shape index (κ1) is 10.3. The number of nitrogens with zero attached hydrogens (tertiary/aromatic N) is 2. The molecule has 3 rings (SSSR count). The van der Waals surface area contributed by atoms with Gasteiger partial charge in [-0.3, -0.25) is 0 Å². The summed E-state index contributed by atoms with van der Waals surface area (Å²) in [4.78, 5) is 0. The van der Waals surface area contributed by atoms with Gasteiger partial charge in [0.15, 0.2) is 0 Å². The molecule has 16 heavy (non-hydrogen) atoms. The van der Waals surface area contributed by atoms with Crippen molar-refractivity contribution in [2.45, 2.75) is 6.42 Å². The Kier molecular flexibility index (Phi) is 2.91. The third kappa shape index (κ3) is 1.98. The van der Waals surface area contributed by atoms with Crippen LogP contribution in [0, 0.1) is 5.92 Å². The summed E-state index contributed by atoms with van der Waals surface area (Å²) in [5.41, 5.74) is 3.20. The summed E-state index contributed by atoms with van der Waals surface area (Å²) < 4.78 is 14.2. The first-order chi connectivity index (χ1) is 7.93. The SMILES string of the molecule is c1cc(NCC2CCOC2)c2n[se]nc2c1. The molecule has 0 amide bonds. The molecule has 1 atom stereocenters. The van der Waals surface area contributed by atoms with E-state index in [9.17, 15) is 0 Å². The Labute approximate surface area is 100 Å². The topological polar surface area (TPSA) is 47.0 Å². The van der Waals surface area contributed by atoms with Gasteiger partial charge in [-0.25, -0.2) is 0 Å². The van der Waals surface area contributed by atoms with Gasteiger partial charge < -0.3 is 0 Å². The molecular weight excluding hydrogens is 269 g/mol. The second kappa shape index (κ2) is 4.53. The van der Waals surface area contributed by atoms with Crippen molar-refractivity contribution in [3.8, 4) is 0 Å². The average Bonchev–Trinajstić information content (AvgIpc) is 2.97. The van der Waals surface area contributed by atoms with Crippen LogP contribution < -0.4 is 5.32 Å². The van der Waals surface area contributed by atoms with E-state index in [-0.39, 0.29) is 15.0 Å². The van der Waals surface area contributed by atoms with Crippen molar-refractivity contribution in [3.63, 3.8) is 0 Å². The molecule has 1 aromatic carbocycles. The summed E-state index contributed by atoms with van der Waals surface area (Å²) in [6.45, 7) is 2.76. The summed E-state index contributed by atoms with van der Waals surface area (Å²) in [5, 5.41) is 3.46. The molecule has 0 saturated carbocycles. The van der Waals surface area contributed by atoms with Crippen molar-refractivity contribution in [3.05, 3.63) is 18.2 Å². The Balaban J connectivity index is 1.75. The third-order valence-electron chi connectivity index (χ3n) is 2.89. The molecule has 0 bridgehead atoms. The number of hydrogen-bond acceptors (Lipinski definition) is 4. The third-order valence-corrected chi connectivity index (χ3v) is 4.03. The van der Waals surface area contributed by atoms with E-state index in [4.69, 9.17) is 4.74 Å². The summed E-state index contributed by atoms with van der Waals surface area (Å²) in [7, 11) is 0. The number of benzene rings is 1. The van der Waals surface area contributed by atoms with E-state index in [1.54, 1.807) is 0 Å². The minimum absolute atomic E-state index is 0.0522. The standard InChI is InChI=1S/C11H13N3OSe/c1-2-9(11-10(3-1)13-16-14-11)12-6-8-4-5-15-7-8/h1-3,8,12H,4-7H2. The Morgan fingerprint density at radius 2 is 2.44 bits per heavy atom. The molecule has 1 N–H and O–H groups in total. The van der Waals surface area contributed by atoms with Crippen LogP contribution in [0.2, 0.25) is 0 Å². The van der Waals surface area contributed by atoms with Gasteiger partial charge in [0.1, 0.15) is 0 Å². The van der Waals surface area contributed by atoms with E-state index >= 15 is 0 Å². The van der Waals surface area contributed by atoms with Crippen molar-refractivity contribution in [1.82, 2.24) is 7.96 Å². The van der Waals surface area contributed by atoms with Gasteiger partial charge in [-0.05, 0) is 0 Å². The normalized spacial score (nSPS) is 20.4. The van der Waals surface area contributed by atoms with Crippen LogP contribution in [0.5, 0.6) is 0 Å². The zero-order chi connectivity index (χ0) is 10.8. The summed E-state index contributed by atoms with van der Waals surface area (Å²) >= 11 is 0.0522. The zero-order valence-corrected chi connectivity index (χ0v) is 10.6. The number of anilines is 1. The average molecular weight is 282 g/mol. The quantitative estimate of drug-likeness (QED) is 0.857. The van der Waals surface area contributed by atoms with Crippen LogP contribution in [0.25, 0.3) is 11.0 Å². The van der Waals surface area contributed by atoms with E-state index in [2.05, 4.69) is 19.3 Å². The molecule has 4 nitrogen and oxygen atoms in total. The van der Waals surface area contributed by atoms with Gasteiger partial charge in [0.2, 0.25) is 0 Å². The summed E-state index contributed by atoms with van der Waals surface area (Å²) in [6.07, 6.45) is 1.16. The van der Waals surface area contributed by atoms with Gasteiger partial charge in [0.05, 0.1) is 0 Å². The number of nitrogens with one attached hydrogen (secondary N) is 1. The number of ether oxygens (including phenoxy) is 1. The molecule has 2 aromatic rings. The van der Waals surface area contributed by atoms with E-state index in [1.807, 2.05) is 12.1 Å². The van der Waals surface area contributed by atoms with Gasteiger partial charge >= 0.3 is 100.0 Å². The molecule has 1 unspecified atom stereocenters. The number of hydrogen-bond donors (Lipinski definition) is 1. The van der Waals surface area contributed by atoms with Gasteiger partial charge in [-0.1, -0.05) is 0 Å². The summed E-state index contributed by atoms with van der Waals surface area (Å²) in [6, 6.07) is 6.14. The van der Waals surface area contributed by atoms with Crippen LogP contribution in [0.1, 0.15) is 6.42 Å². The number of fused-ring (bicyclic) bond motifs is 1. The molecule has 1 saturated heterocycles. The first-order valence-corrected chi connectivity index (χ1v) is 6.99. The molecule has 1 aliphatic heterocycles. The second-order valence-corrected chi connectivity index (χ2v) is 5.16. The Bertz CT molecular complexity index is 479. The Morgan fingerprint density at radius 3 is 3.31 bits per heavy atom. The van der Waals surface area contributed by atoms with Crippen molar-refractivity contribution in [2.24, 2.45) is 5.92 Å². The fourth-order valence-electron chi connectivity index (χ4n) is 1.95. The van der Waals surface area contributed by atoms with E-state index < -0.39 is 0 Å². The fourth-order valence-corrected chi connectivity index (χ4v) is 3.10. The maximum atomic E-state index is 5.36. The number of rotatable bonds is 3. The van der Waals surface area contributed by atoms with E-state index in [0.717, 1.165) is 42.9 Å². The molecule has 1 aromatic heterocycles. The molecule has 0 radical (unpaired) electrons. The molecule has 5 heteroatoms. The molecule has 2 heterocycles. The molecular formula is C11H13N3OSe. The Morgan fingerprint density at radius 1 is 1.44 bits per heavy atom.